The number of rotatable bonds is 7. The van der Waals surface area contributed by atoms with E-state index in [-0.39, 0.29) is 5.41 Å². The molecular formula is C53H49N. The summed E-state index contributed by atoms with van der Waals surface area (Å²) in [6, 6.07) is 57.6. The summed E-state index contributed by atoms with van der Waals surface area (Å²) in [4.78, 5) is 2.59. The first-order chi connectivity index (χ1) is 26.3. The second-order valence-electron chi connectivity index (χ2n) is 17.1. The summed E-state index contributed by atoms with van der Waals surface area (Å²) in [6.45, 7) is 9.47. The number of fused-ring (bicyclic) bond motifs is 6. The molecule has 0 heterocycles. The van der Waals surface area contributed by atoms with E-state index in [2.05, 4.69) is 184 Å². The van der Waals surface area contributed by atoms with Crippen molar-refractivity contribution < 1.29 is 0 Å². The monoisotopic (exact) mass is 699 g/mol. The second kappa shape index (κ2) is 12.9. The second-order valence-corrected chi connectivity index (χ2v) is 17.1. The van der Waals surface area contributed by atoms with Crippen LogP contribution in [0.5, 0.6) is 0 Å². The van der Waals surface area contributed by atoms with Crippen LogP contribution in [0.3, 0.4) is 0 Å². The standard InChI is InChI=1S/C53H49N/c1-34(2)43-20-10-11-21-45(43)48-31-37-16-8-9-17-38(37)32-51(48)54(41-19-12-18-39(30-41)47-29-35-24-25-40(47)28-35)42-26-27-46-50(33-42)53(3,4)49-23-13-22-44(52(46)49)36-14-6-5-7-15-36/h5-23,26-27,30-35,40,47H,24-25,28-29H2,1-4H3. The van der Waals surface area contributed by atoms with Gasteiger partial charge in [-0.15, -0.1) is 0 Å². The van der Waals surface area contributed by atoms with E-state index in [4.69, 9.17) is 0 Å². The van der Waals surface area contributed by atoms with E-state index in [1.54, 1.807) is 0 Å². The normalized spacial score (nSPS) is 19.3. The van der Waals surface area contributed by atoms with Gasteiger partial charge >= 0.3 is 0 Å². The lowest BCUT2D eigenvalue weighted by Crippen LogP contribution is -2.17. The Morgan fingerprint density at radius 3 is 2.06 bits per heavy atom. The maximum absolute atomic E-state index is 2.59. The van der Waals surface area contributed by atoms with Crippen LogP contribution in [0.15, 0.2) is 152 Å². The molecule has 3 atom stereocenters. The van der Waals surface area contributed by atoms with Crippen molar-refractivity contribution in [3.05, 3.63) is 174 Å². The highest BCUT2D eigenvalue weighted by Crippen LogP contribution is 2.56. The lowest BCUT2D eigenvalue weighted by molar-refractivity contribution is 0.420. The minimum atomic E-state index is -0.154. The summed E-state index contributed by atoms with van der Waals surface area (Å²) >= 11 is 0. The van der Waals surface area contributed by atoms with Crippen molar-refractivity contribution in [1.82, 2.24) is 0 Å². The minimum Gasteiger partial charge on any atom is -0.310 e. The lowest BCUT2D eigenvalue weighted by atomic mass is 9.81. The third-order valence-corrected chi connectivity index (χ3v) is 13.3. The van der Waals surface area contributed by atoms with Gasteiger partial charge in [-0.25, -0.2) is 0 Å². The van der Waals surface area contributed by atoms with E-state index in [9.17, 15) is 0 Å². The molecule has 2 saturated carbocycles. The predicted octanol–water partition coefficient (Wildman–Crippen LogP) is 15.0. The van der Waals surface area contributed by atoms with Crippen LogP contribution in [-0.4, -0.2) is 0 Å². The predicted molar refractivity (Wildman–Crippen MR) is 229 cm³/mol. The Kier molecular flexibility index (Phi) is 7.91. The first-order valence-corrected chi connectivity index (χ1v) is 20.2. The van der Waals surface area contributed by atoms with Gasteiger partial charge in [0, 0.05) is 22.4 Å². The molecule has 0 saturated heterocycles. The zero-order valence-electron chi connectivity index (χ0n) is 32.0. The highest BCUT2D eigenvalue weighted by Gasteiger charge is 2.41. The van der Waals surface area contributed by atoms with Crippen LogP contribution < -0.4 is 4.90 Å². The van der Waals surface area contributed by atoms with Crippen molar-refractivity contribution in [3.63, 3.8) is 0 Å². The molecule has 2 fully saturated rings. The molecule has 2 bridgehead atoms. The zero-order valence-corrected chi connectivity index (χ0v) is 32.0. The highest BCUT2D eigenvalue weighted by atomic mass is 15.1. The summed E-state index contributed by atoms with van der Waals surface area (Å²) in [7, 11) is 0. The molecule has 0 radical (unpaired) electrons. The van der Waals surface area contributed by atoms with Crippen molar-refractivity contribution in [2.75, 3.05) is 4.90 Å². The Labute approximate surface area is 321 Å². The zero-order chi connectivity index (χ0) is 36.6. The van der Waals surface area contributed by atoms with Gasteiger partial charge in [0.15, 0.2) is 0 Å². The van der Waals surface area contributed by atoms with Crippen LogP contribution in [0.4, 0.5) is 17.1 Å². The van der Waals surface area contributed by atoms with Gasteiger partial charge in [0.1, 0.15) is 0 Å². The summed E-state index contributed by atoms with van der Waals surface area (Å²) < 4.78 is 0. The first kappa shape index (κ1) is 33.2. The summed E-state index contributed by atoms with van der Waals surface area (Å²) in [5.41, 5.74) is 17.1. The molecule has 3 aliphatic rings. The number of hydrogen-bond acceptors (Lipinski definition) is 1. The fourth-order valence-corrected chi connectivity index (χ4v) is 10.6. The largest absolute Gasteiger partial charge is 0.310 e. The molecule has 3 unspecified atom stereocenters. The molecule has 10 rings (SSSR count). The third-order valence-electron chi connectivity index (χ3n) is 13.3. The van der Waals surface area contributed by atoms with Crippen molar-refractivity contribution >= 4 is 27.8 Å². The molecule has 1 nitrogen and oxygen atoms in total. The van der Waals surface area contributed by atoms with E-state index in [0.717, 1.165) is 11.8 Å². The Morgan fingerprint density at radius 2 is 1.28 bits per heavy atom. The van der Waals surface area contributed by atoms with E-state index in [0.29, 0.717) is 11.8 Å². The van der Waals surface area contributed by atoms with Gasteiger partial charge < -0.3 is 4.90 Å². The van der Waals surface area contributed by atoms with E-state index >= 15 is 0 Å². The molecule has 266 valence electrons. The fraction of sp³-hybridized carbons (Fsp3) is 0.245. The number of nitrogens with zero attached hydrogens (tertiary/aromatic N) is 1. The summed E-state index contributed by atoms with van der Waals surface area (Å²) in [5, 5.41) is 2.53. The maximum Gasteiger partial charge on any atom is 0.0546 e. The molecule has 0 amide bonds. The average molecular weight is 700 g/mol. The van der Waals surface area contributed by atoms with Crippen molar-refractivity contribution in [2.45, 2.75) is 70.6 Å². The summed E-state index contributed by atoms with van der Waals surface area (Å²) in [6.07, 6.45) is 5.55. The van der Waals surface area contributed by atoms with E-state index < -0.39 is 0 Å². The van der Waals surface area contributed by atoms with Crippen LogP contribution >= 0.6 is 0 Å². The van der Waals surface area contributed by atoms with Crippen molar-refractivity contribution in [1.29, 1.82) is 0 Å². The van der Waals surface area contributed by atoms with Gasteiger partial charge in [-0.1, -0.05) is 149 Å². The molecule has 0 aromatic heterocycles. The number of benzene rings is 7. The van der Waals surface area contributed by atoms with Gasteiger partial charge in [0.25, 0.3) is 0 Å². The first-order valence-electron chi connectivity index (χ1n) is 20.2. The Hall–Kier alpha value is -5.40. The van der Waals surface area contributed by atoms with Crippen LogP contribution in [0, 0.1) is 11.8 Å². The summed E-state index contributed by atoms with van der Waals surface area (Å²) in [5.74, 6) is 2.79. The molecule has 0 aliphatic heterocycles. The highest BCUT2D eigenvalue weighted by molar-refractivity contribution is 6.00. The SMILES string of the molecule is CC(C)c1ccccc1-c1cc2ccccc2cc1N(c1cccc(C2CC3CCC2C3)c1)c1ccc2c(c1)C(C)(C)c1cccc(-c3ccccc3)c1-2. The van der Waals surface area contributed by atoms with Gasteiger partial charge in [-0.2, -0.15) is 0 Å². The van der Waals surface area contributed by atoms with Crippen LogP contribution in [0.1, 0.15) is 87.5 Å². The number of hydrogen-bond donors (Lipinski definition) is 0. The van der Waals surface area contributed by atoms with Crippen LogP contribution in [0.2, 0.25) is 0 Å². The van der Waals surface area contributed by atoms with Gasteiger partial charge in [0.2, 0.25) is 0 Å². The molecule has 7 aromatic carbocycles. The van der Waals surface area contributed by atoms with Gasteiger partial charge in [0.05, 0.1) is 5.69 Å². The molecule has 7 aromatic rings. The Morgan fingerprint density at radius 1 is 0.556 bits per heavy atom. The van der Waals surface area contributed by atoms with Gasteiger partial charge in [-0.05, 0) is 140 Å². The maximum atomic E-state index is 2.59. The van der Waals surface area contributed by atoms with E-state index in [1.165, 1.54) is 109 Å². The molecular weight excluding hydrogens is 651 g/mol. The topological polar surface area (TPSA) is 3.24 Å². The molecule has 3 aliphatic carbocycles. The van der Waals surface area contributed by atoms with Crippen molar-refractivity contribution in [2.24, 2.45) is 11.8 Å². The van der Waals surface area contributed by atoms with Gasteiger partial charge in [-0.3, -0.25) is 0 Å². The number of anilines is 3. The average Bonchev–Trinajstić information content (AvgIpc) is 3.91. The van der Waals surface area contributed by atoms with Crippen LogP contribution in [0.25, 0.3) is 44.2 Å². The van der Waals surface area contributed by atoms with E-state index in [1.807, 2.05) is 0 Å². The fourth-order valence-electron chi connectivity index (χ4n) is 10.6. The lowest BCUT2D eigenvalue weighted by Gasteiger charge is -2.32. The smallest absolute Gasteiger partial charge is 0.0546 e. The molecule has 1 heteroatoms. The Bertz CT molecular complexity index is 2540. The quantitative estimate of drug-likeness (QED) is 0.160. The van der Waals surface area contributed by atoms with Crippen LogP contribution in [-0.2, 0) is 5.41 Å². The Balaban J connectivity index is 1.22. The molecule has 0 spiro atoms. The molecule has 54 heavy (non-hydrogen) atoms. The minimum absolute atomic E-state index is 0.154. The molecule has 0 N–H and O–H groups in total. The van der Waals surface area contributed by atoms with Crippen molar-refractivity contribution in [3.8, 4) is 33.4 Å². The third kappa shape index (κ3) is 5.35.